The van der Waals surface area contributed by atoms with Crippen molar-refractivity contribution < 1.29 is 72.9 Å². The van der Waals surface area contributed by atoms with Gasteiger partial charge in [-0.2, -0.15) is 0 Å². The van der Waals surface area contributed by atoms with Crippen molar-refractivity contribution in [2.45, 2.75) is 38.8 Å². The summed E-state index contributed by atoms with van der Waals surface area (Å²) in [4.78, 5) is 22.9. The average Bonchev–Trinajstić information content (AvgIpc) is 2.38. The van der Waals surface area contributed by atoms with E-state index in [1.54, 1.807) is 0 Å². The van der Waals surface area contributed by atoms with Crippen molar-refractivity contribution in [1.82, 2.24) is 5.32 Å². The van der Waals surface area contributed by atoms with E-state index in [2.05, 4.69) is 5.32 Å². The summed E-state index contributed by atoms with van der Waals surface area (Å²) in [5.74, 6) is -1.61. The van der Waals surface area contributed by atoms with E-state index in [1.807, 2.05) is 44.2 Å². The summed E-state index contributed by atoms with van der Waals surface area (Å²) in [5, 5.41) is 13.4. The van der Waals surface area contributed by atoms with E-state index >= 15 is 0 Å². The Kier molecular flexibility index (Phi) is 10.6. The minimum atomic E-state index is -1.28. The van der Waals surface area contributed by atoms with Gasteiger partial charge in [-0.25, -0.2) is 0 Å². The molecule has 0 bridgehead atoms. The molecule has 1 aromatic carbocycles. The molecule has 0 aliphatic rings. The first-order valence-corrected chi connectivity index (χ1v) is 6.71. The normalized spacial score (nSPS) is 13.1. The number of carbonyl (C=O) groups excluding carboxylic acids is 2. The predicted molar refractivity (Wildman–Crippen MR) is 74.5 cm³/mol. The van der Waals surface area contributed by atoms with E-state index in [-0.39, 0.29) is 64.1 Å². The number of carbonyl (C=O) groups is 2. The zero-order chi connectivity index (χ0) is 15.1. The van der Waals surface area contributed by atoms with Crippen LogP contribution in [0, 0.1) is 5.92 Å². The topological polar surface area (TPSA) is 95.2 Å². The molecule has 5 nitrogen and oxygen atoms in total. The van der Waals surface area contributed by atoms with Gasteiger partial charge in [-0.3, -0.25) is 4.79 Å². The number of rotatable bonds is 7. The van der Waals surface area contributed by atoms with Crippen LogP contribution in [0.1, 0.15) is 25.8 Å². The maximum Gasteiger partial charge on any atom is 1.00 e. The molecule has 1 amide bonds. The third-order valence-corrected chi connectivity index (χ3v) is 2.94. The molecule has 0 saturated heterocycles. The first-order valence-electron chi connectivity index (χ1n) is 6.71. The number of hydrogen-bond donors (Lipinski definition) is 2. The molecule has 0 fully saturated rings. The number of aliphatic carboxylic acids is 1. The Bertz CT molecular complexity index is 451. The average molecular weight is 363 g/mol. The Hall–Kier alpha value is -0.0748. The minimum Gasteiger partial charge on any atom is -0.548 e. The van der Waals surface area contributed by atoms with Gasteiger partial charge in [-0.05, 0) is 24.3 Å². The van der Waals surface area contributed by atoms with E-state index in [9.17, 15) is 14.7 Å². The number of nitrogens with one attached hydrogen (secondary N) is 1. The Balaban J connectivity index is 0.00000400. The Labute approximate surface area is 174 Å². The van der Waals surface area contributed by atoms with Crippen molar-refractivity contribution in [3.63, 3.8) is 0 Å². The van der Waals surface area contributed by atoms with E-state index in [1.165, 1.54) is 0 Å². The van der Waals surface area contributed by atoms with E-state index in [4.69, 9.17) is 5.73 Å². The van der Waals surface area contributed by atoms with Crippen LogP contribution in [0.4, 0.5) is 0 Å². The monoisotopic (exact) mass is 362 g/mol. The van der Waals surface area contributed by atoms with Gasteiger partial charge >= 0.3 is 58.2 Å². The van der Waals surface area contributed by atoms with Crippen molar-refractivity contribution >= 4 is 11.9 Å². The van der Waals surface area contributed by atoms with Gasteiger partial charge in [0.15, 0.2) is 0 Å². The maximum absolute atomic E-state index is 11.9. The molecule has 0 spiro atoms. The molecule has 6 heteroatoms. The number of carboxylic acids is 1. The minimum absolute atomic E-state index is 0. The van der Waals surface area contributed by atoms with Gasteiger partial charge < -0.3 is 21.0 Å². The molecule has 0 heterocycles. The molecule has 2 atom stereocenters. The van der Waals surface area contributed by atoms with E-state index in [0.717, 1.165) is 5.56 Å². The fraction of sp³-hybridized carbons (Fsp3) is 0.467. The van der Waals surface area contributed by atoms with E-state index in [0.29, 0.717) is 12.8 Å². The number of carboxylic acid groups (broad SMARTS) is 1. The third-order valence-electron chi connectivity index (χ3n) is 2.94. The fourth-order valence-corrected chi connectivity index (χ4v) is 1.92. The largest absolute Gasteiger partial charge is 1.00 e. The van der Waals surface area contributed by atoms with Crippen LogP contribution in [0.5, 0.6) is 0 Å². The molecule has 1 unspecified atom stereocenters. The standard InChI is InChI=1S/C15H22N2O3.Rb/c1-10(2)8-13(15(19)20)17-14(18)12(16)9-11-6-4-3-5-7-11;/h3-7,10,12-13H,8-9,16H2,1-2H3,(H,17,18)(H,19,20);/q;+1/p-1/t12?,13-;/m1./s1. The summed E-state index contributed by atoms with van der Waals surface area (Å²) < 4.78 is 0. The van der Waals surface area contributed by atoms with Crippen LogP contribution < -0.4 is 74.3 Å². The molecule has 3 N–H and O–H groups in total. The van der Waals surface area contributed by atoms with E-state index < -0.39 is 24.0 Å². The Morgan fingerprint density at radius 1 is 1.24 bits per heavy atom. The Morgan fingerprint density at radius 2 is 1.81 bits per heavy atom. The van der Waals surface area contributed by atoms with Crippen molar-refractivity contribution in [3.05, 3.63) is 35.9 Å². The van der Waals surface area contributed by atoms with Crippen LogP contribution in [-0.4, -0.2) is 24.0 Å². The molecule has 1 aromatic rings. The molecular weight excluding hydrogens is 342 g/mol. The summed E-state index contributed by atoms with van der Waals surface area (Å²) in [6.07, 6.45) is 0.695. The quantitative estimate of drug-likeness (QED) is 0.535. The summed E-state index contributed by atoms with van der Waals surface area (Å²) >= 11 is 0. The fourth-order valence-electron chi connectivity index (χ4n) is 1.92. The van der Waals surface area contributed by atoms with Gasteiger partial charge in [0.05, 0.1) is 18.1 Å². The number of amides is 1. The molecule has 0 aliphatic heterocycles. The molecule has 110 valence electrons. The molecule has 0 aromatic heterocycles. The maximum atomic E-state index is 11.9. The van der Waals surface area contributed by atoms with Gasteiger partial charge in [0.2, 0.25) is 5.91 Å². The third kappa shape index (κ3) is 8.21. The van der Waals surface area contributed by atoms with Gasteiger partial charge in [0.1, 0.15) is 0 Å². The molecule has 0 aliphatic carbocycles. The van der Waals surface area contributed by atoms with Crippen LogP contribution in [0.25, 0.3) is 0 Å². The summed E-state index contributed by atoms with van der Waals surface area (Å²) in [6.45, 7) is 3.76. The summed E-state index contributed by atoms with van der Waals surface area (Å²) in [5.41, 5.74) is 6.74. The molecule has 21 heavy (non-hydrogen) atoms. The van der Waals surface area contributed by atoms with Gasteiger partial charge in [-0.1, -0.05) is 44.2 Å². The number of benzene rings is 1. The Morgan fingerprint density at radius 3 is 2.29 bits per heavy atom. The first-order chi connectivity index (χ1) is 9.40. The zero-order valence-electron chi connectivity index (χ0n) is 12.8. The van der Waals surface area contributed by atoms with Crippen LogP contribution in [0.2, 0.25) is 0 Å². The second kappa shape index (κ2) is 10.6. The second-order valence-corrected chi connectivity index (χ2v) is 5.31. The smallest absolute Gasteiger partial charge is 0.548 e. The molecular formula is C15H21N2O3Rb. The molecule has 0 saturated carbocycles. The number of nitrogens with two attached hydrogens (primary N) is 1. The molecule has 1 rings (SSSR count). The van der Waals surface area contributed by atoms with Crippen molar-refractivity contribution in [1.29, 1.82) is 0 Å². The van der Waals surface area contributed by atoms with Gasteiger partial charge in [-0.15, -0.1) is 0 Å². The molecule has 0 radical (unpaired) electrons. The van der Waals surface area contributed by atoms with Crippen LogP contribution >= 0.6 is 0 Å². The van der Waals surface area contributed by atoms with Crippen molar-refractivity contribution in [2.75, 3.05) is 0 Å². The van der Waals surface area contributed by atoms with Crippen molar-refractivity contribution in [3.8, 4) is 0 Å². The van der Waals surface area contributed by atoms with Crippen molar-refractivity contribution in [2.24, 2.45) is 11.7 Å². The van der Waals surface area contributed by atoms with Gasteiger partial charge in [0.25, 0.3) is 0 Å². The summed E-state index contributed by atoms with van der Waals surface area (Å²) in [7, 11) is 0. The number of hydrogen-bond acceptors (Lipinski definition) is 4. The predicted octanol–water partition coefficient (Wildman–Crippen LogP) is -3.16. The van der Waals surface area contributed by atoms with Crippen LogP contribution in [0.15, 0.2) is 30.3 Å². The van der Waals surface area contributed by atoms with Crippen LogP contribution in [-0.2, 0) is 16.0 Å². The van der Waals surface area contributed by atoms with Gasteiger partial charge in [0, 0.05) is 0 Å². The zero-order valence-corrected chi connectivity index (χ0v) is 17.8. The SMILES string of the molecule is CC(C)C[C@@H](NC(=O)C(N)Cc1ccccc1)C(=O)[O-].[Rb+]. The second-order valence-electron chi connectivity index (χ2n) is 5.31. The van der Waals surface area contributed by atoms with Crippen LogP contribution in [0.3, 0.4) is 0 Å². The first kappa shape index (κ1) is 20.9. The summed E-state index contributed by atoms with van der Waals surface area (Å²) in [6, 6.07) is 7.58.